The molecule has 0 unspecified atom stereocenters. The van der Waals surface area contributed by atoms with E-state index in [0.29, 0.717) is 0 Å². The van der Waals surface area contributed by atoms with Crippen molar-refractivity contribution >= 4 is 50.8 Å². The second-order valence-electron chi connectivity index (χ2n) is 12.5. The van der Waals surface area contributed by atoms with Gasteiger partial charge < -0.3 is 4.90 Å². The molecule has 0 aliphatic heterocycles. The van der Waals surface area contributed by atoms with Gasteiger partial charge in [0.15, 0.2) is 0 Å². The van der Waals surface area contributed by atoms with Crippen molar-refractivity contribution in [3.8, 4) is 33.4 Å². The molecule has 49 heavy (non-hydrogen) atoms. The highest BCUT2D eigenvalue weighted by Gasteiger charge is 2.15. The maximum Gasteiger partial charge on any atom is 0.0468 e. The predicted molar refractivity (Wildman–Crippen MR) is 212 cm³/mol. The Morgan fingerprint density at radius 2 is 0.837 bits per heavy atom. The quantitative estimate of drug-likeness (QED) is 0.166. The van der Waals surface area contributed by atoms with E-state index in [9.17, 15) is 0 Å². The van der Waals surface area contributed by atoms with Gasteiger partial charge in [0.1, 0.15) is 0 Å². The number of hydrogen-bond acceptors (Lipinski definition) is 1. The van der Waals surface area contributed by atoms with Gasteiger partial charge in [0, 0.05) is 17.1 Å². The second kappa shape index (κ2) is 13.1. The van der Waals surface area contributed by atoms with Crippen LogP contribution in [0.2, 0.25) is 0 Å². The summed E-state index contributed by atoms with van der Waals surface area (Å²) < 4.78 is 0. The molecule has 0 radical (unpaired) electrons. The third kappa shape index (κ3) is 5.81. The van der Waals surface area contributed by atoms with Crippen molar-refractivity contribution < 1.29 is 0 Å². The van der Waals surface area contributed by atoms with Crippen LogP contribution in [0.3, 0.4) is 0 Å². The Morgan fingerprint density at radius 3 is 1.43 bits per heavy atom. The molecule has 234 valence electrons. The molecule has 0 saturated carbocycles. The maximum absolute atomic E-state index is 2.37. The molecule has 8 aromatic rings. The first-order valence-electron chi connectivity index (χ1n) is 17.0. The number of anilines is 3. The van der Waals surface area contributed by atoms with E-state index in [0.717, 1.165) is 17.1 Å². The first-order valence-corrected chi connectivity index (χ1v) is 17.0. The van der Waals surface area contributed by atoms with E-state index in [-0.39, 0.29) is 0 Å². The van der Waals surface area contributed by atoms with Crippen LogP contribution in [0.25, 0.3) is 67.1 Å². The van der Waals surface area contributed by atoms with Crippen molar-refractivity contribution in [1.29, 1.82) is 0 Å². The molecule has 0 heterocycles. The molecule has 0 N–H and O–H groups in total. The lowest BCUT2D eigenvalue weighted by Gasteiger charge is -2.26. The normalized spacial score (nSPS) is 12.1. The number of nitrogens with zero attached hydrogens (tertiary/aromatic N) is 1. The van der Waals surface area contributed by atoms with Gasteiger partial charge in [-0.2, -0.15) is 0 Å². The van der Waals surface area contributed by atoms with Crippen LogP contribution < -0.4 is 15.3 Å². The summed E-state index contributed by atoms with van der Waals surface area (Å²) in [5.74, 6) is 0. The van der Waals surface area contributed by atoms with Gasteiger partial charge in [-0.1, -0.05) is 146 Å². The summed E-state index contributed by atoms with van der Waals surface area (Å²) in [6, 6.07) is 63.8. The van der Waals surface area contributed by atoms with E-state index >= 15 is 0 Å². The molecule has 0 aliphatic carbocycles. The lowest BCUT2D eigenvalue weighted by Crippen LogP contribution is -2.24. The lowest BCUT2D eigenvalue weighted by atomic mass is 9.98. The van der Waals surface area contributed by atoms with E-state index in [2.05, 4.69) is 207 Å². The fourth-order valence-corrected chi connectivity index (χ4v) is 7.07. The summed E-state index contributed by atoms with van der Waals surface area (Å²) in [5.41, 5.74) is 10.6. The third-order valence-corrected chi connectivity index (χ3v) is 9.60. The smallest absolute Gasteiger partial charge is 0.0468 e. The van der Waals surface area contributed by atoms with Crippen molar-refractivity contribution in [2.75, 3.05) is 4.90 Å². The number of benzene rings is 8. The zero-order valence-electron chi connectivity index (χ0n) is 27.8. The molecule has 0 saturated heterocycles. The van der Waals surface area contributed by atoms with Crippen LogP contribution in [-0.2, 0) is 0 Å². The summed E-state index contributed by atoms with van der Waals surface area (Å²) in [6.07, 6.45) is 4.42. The Labute approximate surface area is 288 Å². The van der Waals surface area contributed by atoms with Crippen molar-refractivity contribution in [3.05, 3.63) is 186 Å². The van der Waals surface area contributed by atoms with E-state index < -0.39 is 0 Å². The van der Waals surface area contributed by atoms with Crippen molar-refractivity contribution in [2.45, 2.75) is 13.8 Å². The Kier molecular flexibility index (Phi) is 8.09. The Balaban J connectivity index is 1.25. The van der Waals surface area contributed by atoms with Gasteiger partial charge in [-0.15, -0.1) is 0 Å². The summed E-state index contributed by atoms with van der Waals surface area (Å²) >= 11 is 0. The predicted octanol–water partition coefficient (Wildman–Crippen LogP) is 12.1. The fourth-order valence-electron chi connectivity index (χ4n) is 7.07. The van der Waals surface area contributed by atoms with Gasteiger partial charge >= 0.3 is 0 Å². The lowest BCUT2D eigenvalue weighted by molar-refractivity contribution is 1.29. The second-order valence-corrected chi connectivity index (χ2v) is 12.5. The maximum atomic E-state index is 2.37. The Morgan fingerprint density at radius 1 is 0.347 bits per heavy atom. The summed E-state index contributed by atoms with van der Waals surface area (Å²) in [5, 5.41) is 7.59. The summed E-state index contributed by atoms with van der Waals surface area (Å²) in [6.45, 7) is 4.24. The molecule has 0 aromatic heterocycles. The highest BCUT2D eigenvalue weighted by molar-refractivity contribution is 6.09. The van der Waals surface area contributed by atoms with Gasteiger partial charge in [-0.05, 0) is 122 Å². The van der Waals surface area contributed by atoms with Crippen molar-refractivity contribution in [1.82, 2.24) is 0 Å². The SMILES string of the molecule is C/C=c1/ccc2c(ccc3ccc(N(c4ccc(-c5ccccc5)cc4)c4ccc(-c5cccc(-c6ccccc6)c5)cc4)cc32)/c1=C/C. The Bertz CT molecular complexity index is 2530. The van der Waals surface area contributed by atoms with Crippen LogP contribution in [0, 0.1) is 0 Å². The van der Waals surface area contributed by atoms with E-state index in [1.165, 1.54) is 65.4 Å². The Hall–Kier alpha value is -6.18. The topological polar surface area (TPSA) is 3.24 Å². The molecule has 0 fully saturated rings. The molecule has 8 aromatic carbocycles. The van der Waals surface area contributed by atoms with Gasteiger partial charge in [-0.3, -0.25) is 0 Å². The van der Waals surface area contributed by atoms with Crippen LogP contribution in [0.1, 0.15) is 13.8 Å². The minimum Gasteiger partial charge on any atom is -0.310 e. The number of fused-ring (bicyclic) bond motifs is 3. The molecule has 8 rings (SSSR count). The van der Waals surface area contributed by atoms with E-state index in [1.807, 2.05) is 0 Å². The van der Waals surface area contributed by atoms with Crippen LogP contribution in [0.4, 0.5) is 17.1 Å². The molecule has 0 amide bonds. The molecule has 0 spiro atoms. The van der Waals surface area contributed by atoms with Crippen LogP contribution in [0.15, 0.2) is 176 Å². The first-order chi connectivity index (χ1) is 24.2. The van der Waals surface area contributed by atoms with Gasteiger partial charge in [0.25, 0.3) is 0 Å². The molecular weight excluding hydrogens is 591 g/mol. The number of rotatable bonds is 6. The minimum atomic E-state index is 1.11. The number of hydrogen-bond donors (Lipinski definition) is 0. The highest BCUT2D eigenvalue weighted by Crippen LogP contribution is 2.39. The monoisotopic (exact) mass is 627 g/mol. The van der Waals surface area contributed by atoms with E-state index in [1.54, 1.807) is 0 Å². The molecule has 1 nitrogen and oxygen atoms in total. The first kappa shape index (κ1) is 30.2. The van der Waals surface area contributed by atoms with E-state index in [4.69, 9.17) is 0 Å². The van der Waals surface area contributed by atoms with Crippen molar-refractivity contribution in [2.24, 2.45) is 0 Å². The minimum absolute atomic E-state index is 1.11. The molecule has 0 atom stereocenters. The molecular formula is C48H37N. The zero-order valence-corrected chi connectivity index (χ0v) is 27.8. The van der Waals surface area contributed by atoms with Crippen LogP contribution in [0.5, 0.6) is 0 Å². The zero-order chi connectivity index (χ0) is 33.2. The van der Waals surface area contributed by atoms with Gasteiger partial charge in [0.2, 0.25) is 0 Å². The average Bonchev–Trinajstić information content (AvgIpc) is 3.18. The van der Waals surface area contributed by atoms with Crippen LogP contribution >= 0.6 is 0 Å². The van der Waals surface area contributed by atoms with Crippen LogP contribution in [-0.4, -0.2) is 0 Å². The van der Waals surface area contributed by atoms with Gasteiger partial charge in [0.05, 0.1) is 0 Å². The summed E-state index contributed by atoms with van der Waals surface area (Å²) in [4.78, 5) is 2.37. The summed E-state index contributed by atoms with van der Waals surface area (Å²) in [7, 11) is 0. The average molecular weight is 628 g/mol. The van der Waals surface area contributed by atoms with Gasteiger partial charge in [-0.25, -0.2) is 0 Å². The molecule has 0 aliphatic rings. The standard InChI is InChI=1S/C48H37N/c1-3-34-23-30-47-46(45(34)4-2)31-24-39-22-29-44(33-48(39)47)49(42-25-18-37(19-26-42)35-12-7-5-8-13-35)43-27-20-38(21-28-43)41-17-11-16-40(32-41)36-14-9-6-10-15-36/h3-33H,1-2H3/b34-3-,45-4+. The largest absolute Gasteiger partial charge is 0.310 e. The fraction of sp³-hybridized carbons (Fsp3) is 0.0417. The highest BCUT2D eigenvalue weighted by atomic mass is 15.1. The third-order valence-electron chi connectivity index (χ3n) is 9.60. The molecule has 1 heteroatoms. The van der Waals surface area contributed by atoms with Crippen molar-refractivity contribution in [3.63, 3.8) is 0 Å². The molecule has 0 bridgehead atoms.